The summed E-state index contributed by atoms with van der Waals surface area (Å²) in [6, 6.07) is 5.27. The van der Waals surface area contributed by atoms with Crippen LogP contribution in [0.15, 0.2) is 30.4 Å². The number of ether oxygens (including phenoxy) is 1. The zero-order valence-electron chi connectivity index (χ0n) is 9.22. The number of benzene rings is 1. The SMILES string of the molecule is C=C(CNCC)COc1c(Cl)cccc1Cl. The number of nitrogens with one attached hydrogen (secondary N) is 1. The zero-order chi connectivity index (χ0) is 12.0. The molecule has 0 fully saturated rings. The number of rotatable bonds is 6. The van der Waals surface area contributed by atoms with E-state index in [1.807, 2.05) is 6.92 Å². The average molecular weight is 260 g/mol. The Hall–Kier alpha value is -0.700. The van der Waals surface area contributed by atoms with Gasteiger partial charge in [0.15, 0.2) is 5.75 Å². The van der Waals surface area contributed by atoms with Gasteiger partial charge < -0.3 is 10.1 Å². The van der Waals surface area contributed by atoms with Gasteiger partial charge in [-0.25, -0.2) is 0 Å². The number of hydrogen-bond donors (Lipinski definition) is 1. The first-order chi connectivity index (χ1) is 7.65. The molecule has 4 heteroatoms. The van der Waals surface area contributed by atoms with Gasteiger partial charge in [0.2, 0.25) is 0 Å². The molecule has 0 bridgehead atoms. The largest absolute Gasteiger partial charge is 0.486 e. The van der Waals surface area contributed by atoms with Crippen molar-refractivity contribution >= 4 is 23.2 Å². The molecule has 0 saturated heterocycles. The van der Waals surface area contributed by atoms with Gasteiger partial charge in [-0.2, -0.15) is 0 Å². The van der Waals surface area contributed by atoms with Crippen molar-refractivity contribution in [2.75, 3.05) is 19.7 Å². The van der Waals surface area contributed by atoms with Crippen molar-refractivity contribution in [3.8, 4) is 5.75 Å². The van der Waals surface area contributed by atoms with Crippen LogP contribution in [0.2, 0.25) is 10.0 Å². The highest BCUT2D eigenvalue weighted by Crippen LogP contribution is 2.32. The van der Waals surface area contributed by atoms with Crippen molar-refractivity contribution in [2.45, 2.75) is 6.92 Å². The van der Waals surface area contributed by atoms with E-state index in [1.165, 1.54) is 0 Å². The summed E-state index contributed by atoms with van der Waals surface area (Å²) in [6.45, 7) is 7.99. The molecule has 0 saturated carbocycles. The van der Waals surface area contributed by atoms with Gasteiger partial charge in [0.05, 0.1) is 10.0 Å². The first kappa shape index (κ1) is 13.4. The van der Waals surface area contributed by atoms with Gasteiger partial charge >= 0.3 is 0 Å². The minimum Gasteiger partial charge on any atom is -0.486 e. The van der Waals surface area contributed by atoms with Crippen LogP contribution in [0.3, 0.4) is 0 Å². The maximum Gasteiger partial charge on any atom is 0.156 e. The van der Waals surface area contributed by atoms with Gasteiger partial charge in [-0.3, -0.25) is 0 Å². The van der Waals surface area contributed by atoms with Crippen LogP contribution in [0.25, 0.3) is 0 Å². The molecule has 0 aliphatic carbocycles. The quantitative estimate of drug-likeness (QED) is 0.790. The summed E-state index contributed by atoms with van der Waals surface area (Å²) in [5, 5.41) is 4.20. The van der Waals surface area contributed by atoms with Crippen LogP contribution >= 0.6 is 23.2 Å². The molecule has 0 aromatic heterocycles. The fourth-order valence-electron chi connectivity index (χ4n) is 1.15. The smallest absolute Gasteiger partial charge is 0.156 e. The maximum absolute atomic E-state index is 5.96. The lowest BCUT2D eigenvalue weighted by atomic mass is 10.3. The molecule has 88 valence electrons. The van der Waals surface area contributed by atoms with E-state index in [2.05, 4.69) is 11.9 Å². The molecule has 0 unspecified atom stereocenters. The second-order valence-corrected chi connectivity index (χ2v) is 4.18. The summed E-state index contributed by atoms with van der Waals surface area (Å²) in [5.74, 6) is 0.517. The molecule has 0 atom stereocenters. The molecule has 0 aliphatic rings. The molecule has 0 radical (unpaired) electrons. The number of likely N-dealkylation sites (N-methyl/N-ethyl adjacent to an activating group) is 1. The van der Waals surface area contributed by atoms with Crippen LogP contribution in [0, 0.1) is 0 Å². The van der Waals surface area contributed by atoms with E-state index in [9.17, 15) is 0 Å². The molecule has 1 aromatic carbocycles. The van der Waals surface area contributed by atoms with Crippen LogP contribution in [-0.2, 0) is 0 Å². The monoisotopic (exact) mass is 259 g/mol. The van der Waals surface area contributed by atoms with Gasteiger partial charge in [-0.15, -0.1) is 0 Å². The maximum atomic E-state index is 5.96. The van der Waals surface area contributed by atoms with Crippen molar-refractivity contribution in [2.24, 2.45) is 0 Å². The summed E-state index contributed by atoms with van der Waals surface area (Å²) in [4.78, 5) is 0. The van der Waals surface area contributed by atoms with E-state index < -0.39 is 0 Å². The van der Waals surface area contributed by atoms with E-state index in [-0.39, 0.29) is 0 Å². The fraction of sp³-hybridized carbons (Fsp3) is 0.333. The predicted octanol–water partition coefficient (Wildman–Crippen LogP) is 3.54. The van der Waals surface area contributed by atoms with Gasteiger partial charge in [0.1, 0.15) is 6.61 Å². The van der Waals surface area contributed by atoms with Gasteiger partial charge in [0.25, 0.3) is 0 Å². The molecule has 0 spiro atoms. The third kappa shape index (κ3) is 4.05. The molecular formula is C12H15Cl2NO. The fourth-order valence-corrected chi connectivity index (χ4v) is 1.65. The van der Waals surface area contributed by atoms with Crippen LogP contribution < -0.4 is 10.1 Å². The van der Waals surface area contributed by atoms with Gasteiger partial charge in [0, 0.05) is 6.54 Å². The van der Waals surface area contributed by atoms with Crippen molar-refractivity contribution < 1.29 is 4.74 Å². The lowest BCUT2D eigenvalue weighted by Crippen LogP contribution is -2.18. The topological polar surface area (TPSA) is 21.3 Å². The van der Waals surface area contributed by atoms with Gasteiger partial charge in [-0.1, -0.05) is 42.8 Å². The second kappa shape index (κ2) is 6.79. The summed E-state index contributed by atoms with van der Waals surface area (Å²) in [5.41, 5.74) is 0.956. The summed E-state index contributed by atoms with van der Waals surface area (Å²) >= 11 is 11.9. The lowest BCUT2D eigenvalue weighted by molar-refractivity contribution is 0.349. The average Bonchev–Trinajstić information content (AvgIpc) is 2.25. The zero-order valence-corrected chi connectivity index (χ0v) is 10.7. The number of halogens is 2. The summed E-state index contributed by atoms with van der Waals surface area (Å²) in [7, 11) is 0. The Kier molecular flexibility index (Phi) is 5.67. The molecule has 0 amide bonds. The highest BCUT2D eigenvalue weighted by molar-refractivity contribution is 6.37. The highest BCUT2D eigenvalue weighted by Gasteiger charge is 2.06. The summed E-state index contributed by atoms with van der Waals surface area (Å²) < 4.78 is 5.52. The van der Waals surface area contributed by atoms with E-state index in [0.29, 0.717) is 22.4 Å². The molecule has 1 N–H and O–H groups in total. The Bertz CT molecular complexity index is 346. The van der Waals surface area contributed by atoms with Gasteiger partial charge in [-0.05, 0) is 24.3 Å². The van der Waals surface area contributed by atoms with Crippen molar-refractivity contribution in [3.05, 3.63) is 40.4 Å². The molecule has 16 heavy (non-hydrogen) atoms. The minimum absolute atomic E-state index is 0.413. The minimum atomic E-state index is 0.413. The van der Waals surface area contributed by atoms with Crippen LogP contribution in [0.5, 0.6) is 5.75 Å². The van der Waals surface area contributed by atoms with E-state index in [1.54, 1.807) is 18.2 Å². The molecule has 0 aliphatic heterocycles. The first-order valence-electron chi connectivity index (χ1n) is 5.09. The van der Waals surface area contributed by atoms with Crippen molar-refractivity contribution in [3.63, 3.8) is 0 Å². The van der Waals surface area contributed by atoms with E-state index >= 15 is 0 Å². The van der Waals surface area contributed by atoms with Crippen LogP contribution in [0.4, 0.5) is 0 Å². The molecule has 1 aromatic rings. The van der Waals surface area contributed by atoms with Crippen LogP contribution in [-0.4, -0.2) is 19.7 Å². The molecular weight excluding hydrogens is 245 g/mol. The van der Waals surface area contributed by atoms with Crippen molar-refractivity contribution in [1.29, 1.82) is 0 Å². The first-order valence-corrected chi connectivity index (χ1v) is 5.85. The highest BCUT2D eigenvalue weighted by atomic mass is 35.5. The lowest BCUT2D eigenvalue weighted by Gasteiger charge is -2.11. The Morgan fingerprint density at radius 3 is 2.56 bits per heavy atom. The second-order valence-electron chi connectivity index (χ2n) is 3.37. The number of para-hydroxylation sites is 1. The molecule has 0 heterocycles. The Balaban J connectivity index is 2.51. The van der Waals surface area contributed by atoms with E-state index in [0.717, 1.165) is 18.7 Å². The normalized spacial score (nSPS) is 10.2. The van der Waals surface area contributed by atoms with Crippen LogP contribution in [0.1, 0.15) is 6.92 Å². The third-order valence-electron chi connectivity index (χ3n) is 1.96. The standard InChI is InChI=1S/C12H15Cl2NO/c1-3-15-7-9(2)8-16-12-10(13)5-4-6-11(12)14/h4-6,15H,2-3,7-8H2,1H3. The summed E-state index contributed by atoms with van der Waals surface area (Å²) in [6.07, 6.45) is 0. The van der Waals surface area contributed by atoms with Crippen molar-refractivity contribution in [1.82, 2.24) is 5.32 Å². The third-order valence-corrected chi connectivity index (χ3v) is 2.56. The molecule has 1 rings (SSSR count). The number of hydrogen-bond acceptors (Lipinski definition) is 2. The Morgan fingerprint density at radius 2 is 2.00 bits per heavy atom. The Morgan fingerprint density at radius 1 is 1.38 bits per heavy atom. The van der Waals surface area contributed by atoms with E-state index in [4.69, 9.17) is 27.9 Å². The predicted molar refractivity (Wildman–Crippen MR) is 69.6 cm³/mol. The Labute approximate surface area is 106 Å². The molecule has 2 nitrogen and oxygen atoms in total.